The lowest BCUT2D eigenvalue weighted by Gasteiger charge is -2.20. The number of nitrogens with zero attached hydrogens (tertiary/aromatic N) is 1. The molecule has 30 heavy (non-hydrogen) atoms. The van der Waals surface area contributed by atoms with Crippen LogP contribution in [0.4, 0.5) is 18.9 Å². The normalized spacial score (nSPS) is 13.9. The first-order valence-electron chi connectivity index (χ1n) is 9.52. The number of nitrogens with one attached hydrogen (secondary N) is 1. The molecule has 1 aromatic heterocycles. The number of pyridine rings is 1. The van der Waals surface area contributed by atoms with Crippen molar-refractivity contribution >= 4 is 45.9 Å². The lowest BCUT2D eigenvalue weighted by atomic mass is 9.94. The van der Waals surface area contributed by atoms with E-state index in [9.17, 15) is 18.0 Å². The molecule has 1 aliphatic rings. The van der Waals surface area contributed by atoms with Gasteiger partial charge < -0.3 is 5.32 Å². The first-order valence-corrected chi connectivity index (χ1v) is 10.9. The summed E-state index contributed by atoms with van der Waals surface area (Å²) in [5, 5.41) is 4.06. The van der Waals surface area contributed by atoms with E-state index in [1.807, 2.05) is 12.1 Å². The molecule has 4 rings (SSSR count). The molecule has 1 N–H and O–H groups in total. The predicted molar refractivity (Wildman–Crippen MR) is 114 cm³/mol. The van der Waals surface area contributed by atoms with Crippen LogP contribution in [0.15, 0.2) is 47.4 Å². The summed E-state index contributed by atoms with van der Waals surface area (Å²) in [7, 11) is 0. The number of alkyl halides is 3. The van der Waals surface area contributed by atoms with Crippen molar-refractivity contribution in [3.05, 3.63) is 64.3 Å². The summed E-state index contributed by atoms with van der Waals surface area (Å²) in [5.74, 6) is -0.287. The summed E-state index contributed by atoms with van der Waals surface area (Å²) >= 11 is 7.56. The van der Waals surface area contributed by atoms with E-state index in [0.717, 1.165) is 64.9 Å². The van der Waals surface area contributed by atoms with Gasteiger partial charge in [0.1, 0.15) is 0 Å². The molecule has 1 amide bonds. The number of fused-ring (bicyclic) bond motifs is 2. The zero-order valence-electron chi connectivity index (χ0n) is 15.9. The molecule has 1 heterocycles. The lowest BCUT2D eigenvalue weighted by Crippen LogP contribution is -2.15. The van der Waals surface area contributed by atoms with Crippen LogP contribution in [0.25, 0.3) is 10.9 Å². The maximum absolute atomic E-state index is 12.9. The standard InChI is InChI=1S/C22H18ClF3N2OS/c23-14-8-9-19-17(11-14)21(16-6-1-2-7-18(16)28-19)30-12-20(29)27-15-5-3-4-13(10-15)22(24,25)26/h3-5,8-11H,1-2,6-7,12H2,(H,27,29). The van der Waals surface area contributed by atoms with Crippen molar-refractivity contribution in [2.75, 3.05) is 11.1 Å². The highest BCUT2D eigenvalue weighted by atomic mass is 35.5. The number of hydrogen-bond acceptors (Lipinski definition) is 3. The largest absolute Gasteiger partial charge is 0.416 e. The quantitative estimate of drug-likeness (QED) is 0.460. The Morgan fingerprint density at radius 2 is 1.93 bits per heavy atom. The van der Waals surface area contributed by atoms with Gasteiger partial charge in [0, 0.05) is 26.7 Å². The van der Waals surface area contributed by atoms with Crippen molar-refractivity contribution < 1.29 is 18.0 Å². The summed E-state index contributed by atoms with van der Waals surface area (Å²) in [6.07, 6.45) is -0.520. The molecule has 0 aliphatic heterocycles. The molecule has 2 aromatic carbocycles. The number of carbonyl (C=O) groups is 1. The minimum atomic E-state index is -4.45. The van der Waals surface area contributed by atoms with E-state index in [-0.39, 0.29) is 17.3 Å². The number of anilines is 1. The van der Waals surface area contributed by atoms with Gasteiger partial charge in [-0.25, -0.2) is 0 Å². The molecule has 0 fully saturated rings. The number of rotatable bonds is 4. The van der Waals surface area contributed by atoms with E-state index in [0.29, 0.717) is 5.02 Å². The number of aryl methyl sites for hydroxylation is 1. The average Bonchev–Trinajstić information content (AvgIpc) is 2.71. The van der Waals surface area contributed by atoms with Crippen LogP contribution in [-0.2, 0) is 23.8 Å². The van der Waals surface area contributed by atoms with E-state index in [1.54, 1.807) is 6.07 Å². The Balaban J connectivity index is 1.56. The summed E-state index contributed by atoms with van der Waals surface area (Å²) in [4.78, 5) is 18.2. The van der Waals surface area contributed by atoms with Gasteiger partial charge in [-0.1, -0.05) is 17.7 Å². The smallest absolute Gasteiger partial charge is 0.325 e. The number of benzene rings is 2. The van der Waals surface area contributed by atoms with E-state index >= 15 is 0 Å². The molecule has 0 spiro atoms. The van der Waals surface area contributed by atoms with Gasteiger partial charge in [-0.05, 0) is 67.6 Å². The highest BCUT2D eigenvalue weighted by molar-refractivity contribution is 8.00. The Labute approximate surface area is 181 Å². The van der Waals surface area contributed by atoms with Crippen molar-refractivity contribution in [1.29, 1.82) is 0 Å². The summed E-state index contributed by atoms with van der Waals surface area (Å²) in [6, 6.07) is 10.2. The van der Waals surface area contributed by atoms with E-state index in [1.165, 1.54) is 23.9 Å². The summed E-state index contributed by atoms with van der Waals surface area (Å²) in [5.41, 5.74) is 2.36. The molecule has 3 nitrogen and oxygen atoms in total. The molecule has 0 bridgehead atoms. The van der Waals surface area contributed by atoms with Crippen LogP contribution in [0, 0.1) is 0 Å². The Hall–Kier alpha value is -2.25. The lowest BCUT2D eigenvalue weighted by molar-refractivity contribution is -0.137. The number of hydrogen-bond donors (Lipinski definition) is 1. The third-order valence-corrected chi connectivity index (χ3v) is 6.39. The van der Waals surface area contributed by atoms with Crippen molar-refractivity contribution in [1.82, 2.24) is 4.98 Å². The second-order valence-corrected chi connectivity index (χ2v) is 8.57. The number of aromatic nitrogens is 1. The number of carbonyl (C=O) groups excluding carboxylic acids is 1. The van der Waals surface area contributed by atoms with E-state index in [2.05, 4.69) is 5.32 Å². The molecule has 0 saturated heterocycles. The maximum atomic E-state index is 12.9. The minimum absolute atomic E-state index is 0.0777. The van der Waals surface area contributed by atoms with Crippen LogP contribution in [0.1, 0.15) is 29.7 Å². The fourth-order valence-corrected chi connectivity index (χ4v) is 4.86. The van der Waals surface area contributed by atoms with Gasteiger partial charge in [0.2, 0.25) is 5.91 Å². The number of amides is 1. The van der Waals surface area contributed by atoms with Crippen molar-refractivity contribution in [3.63, 3.8) is 0 Å². The highest BCUT2D eigenvalue weighted by Crippen LogP contribution is 2.37. The fraction of sp³-hybridized carbons (Fsp3) is 0.273. The zero-order valence-corrected chi connectivity index (χ0v) is 17.4. The highest BCUT2D eigenvalue weighted by Gasteiger charge is 2.30. The first kappa shape index (κ1) is 21.0. The zero-order chi connectivity index (χ0) is 21.3. The van der Waals surface area contributed by atoms with Crippen molar-refractivity contribution in [2.45, 2.75) is 36.8 Å². The van der Waals surface area contributed by atoms with Crippen LogP contribution >= 0.6 is 23.4 Å². The molecule has 156 valence electrons. The third kappa shape index (κ3) is 4.57. The minimum Gasteiger partial charge on any atom is -0.325 e. The van der Waals surface area contributed by atoms with Crippen molar-refractivity contribution in [2.24, 2.45) is 0 Å². The number of thioether (sulfide) groups is 1. The Bertz CT molecular complexity index is 1120. The molecule has 3 aromatic rings. The molecule has 0 saturated carbocycles. The average molecular weight is 451 g/mol. The van der Waals surface area contributed by atoms with Gasteiger partial charge in [-0.15, -0.1) is 11.8 Å². The predicted octanol–water partition coefficient (Wildman–Crippen LogP) is 6.52. The monoisotopic (exact) mass is 450 g/mol. The SMILES string of the molecule is O=C(CSc1c2c(nc3ccc(Cl)cc13)CCCC2)Nc1cccc(C(F)(F)F)c1. The molecule has 1 aliphatic carbocycles. The van der Waals surface area contributed by atoms with Crippen LogP contribution in [-0.4, -0.2) is 16.6 Å². The molecule has 8 heteroatoms. The van der Waals surface area contributed by atoms with Gasteiger partial charge in [-0.2, -0.15) is 13.2 Å². The van der Waals surface area contributed by atoms with Crippen LogP contribution < -0.4 is 5.32 Å². The van der Waals surface area contributed by atoms with Crippen molar-refractivity contribution in [3.8, 4) is 0 Å². The van der Waals surface area contributed by atoms with E-state index in [4.69, 9.17) is 16.6 Å². The van der Waals surface area contributed by atoms with Crippen LogP contribution in [0.5, 0.6) is 0 Å². The Morgan fingerprint density at radius 3 is 2.73 bits per heavy atom. The summed E-state index contributed by atoms with van der Waals surface area (Å²) in [6.45, 7) is 0. The molecule has 0 radical (unpaired) electrons. The van der Waals surface area contributed by atoms with E-state index < -0.39 is 11.7 Å². The van der Waals surface area contributed by atoms with Gasteiger partial charge in [0.15, 0.2) is 0 Å². The number of halogens is 4. The summed E-state index contributed by atoms with van der Waals surface area (Å²) < 4.78 is 38.6. The molecule has 0 unspecified atom stereocenters. The Kier molecular flexibility index (Phi) is 5.93. The Morgan fingerprint density at radius 1 is 1.13 bits per heavy atom. The fourth-order valence-electron chi connectivity index (χ4n) is 3.63. The first-order chi connectivity index (χ1) is 14.3. The van der Waals surface area contributed by atoms with Gasteiger partial charge in [0.05, 0.1) is 16.8 Å². The molecular weight excluding hydrogens is 433 g/mol. The molecular formula is C22H18ClF3N2OS. The van der Waals surface area contributed by atoms with Crippen LogP contribution in [0.2, 0.25) is 5.02 Å². The molecule has 0 atom stereocenters. The van der Waals surface area contributed by atoms with Gasteiger partial charge in [0.25, 0.3) is 0 Å². The third-order valence-electron chi connectivity index (χ3n) is 4.99. The topological polar surface area (TPSA) is 42.0 Å². The van der Waals surface area contributed by atoms with Gasteiger partial charge in [-0.3, -0.25) is 9.78 Å². The van der Waals surface area contributed by atoms with Gasteiger partial charge >= 0.3 is 6.18 Å². The second-order valence-electron chi connectivity index (χ2n) is 7.15. The maximum Gasteiger partial charge on any atom is 0.416 e. The second kappa shape index (κ2) is 8.47. The van der Waals surface area contributed by atoms with Crippen LogP contribution in [0.3, 0.4) is 0 Å².